The van der Waals surface area contributed by atoms with Gasteiger partial charge in [0.25, 0.3) is 0 Å². The van der Waals surface area contributed by atoms with Crippen LogP contribution in [0.3, 0.4) is 0 Å². The van der Waals surface area contributed by atoms with Gasteiger partial charge in [0.15, 0.2) is 0 Å². The number of rotatable bonds is 3. The van der Waals surface area contributed by atoms with Crippen LogP contribution in [0.5, 0.6) is 0 Å². The van der Waals surface area contributed by atoms with Gasteiger partial charge in [-0.1, -0.05) is 0 Å². The van der Waals surface area contributed by atoms with E-state index in [4.69, 9.17) is 23.6 Å². The molecule has 0 unspecified atom stereocenters. The van der Waals surface area contributed by atoms with Gasteiger partial charge >= 0.3 is 0 Å². The molecule has 0 saturated carbocycles. The molecule has 6 heteroatoms. The van der Waals surface area contributed by atoms with Crippen LogP contribution in [0.1, 0.15) is 11.4 Å². The van der Waals surface area contributed by atoms with Crippen LogP contribution in [0.4, 0.5) is 17.3 Å². The molecule has 0 saturated heterocycles. The molecule has 0 bridgehead atoms. The monoisotopic (exact) mass is 282 g/mol. The summed E-state index contributed by atoms with van der Waals surface area (Å²) in [6.07, 6.45) is 0. The molecule has 1 heterocycles. The molecule has 94 valence electrons. The number of aryl methyl sites for hydroxylation is 2. The summed E-state index contributed by atoms with van der Waals surface area (Å²) in [5.41, 5.74) is 3.42. The number of anilines is 3. The number of hydrogen-bond donors (Lipinski definition) is 1. The van der Waals surface area contributed by atoms with Gasteiger partial charge in [-0.25, -0.2) is 9.97 Å². The van der Waals surface area contributed by atoms with Gasteiger partial charge in [0.2, 0.25) is 5.95 Å². The SMILES string of the molecule is Cc1cc(C)nc(Nc2ccc(N(Cl)Cl)cc2)n1. The second-order valence-corrected chi connectivity index (χ2v) is 4.73. The molecule has 0 atom stereocenters. The zero-order chi connectivity index (χ0) is 13.1. The van der Waals surface area contributed by atoms with Crippen LogP contribution in [0, 0.1) is 13.8 Å². The molecule has 1 aromatic heterocycles. The van der Waals surface area contributed by atoms with E-state index in [1.54, 1.807) is 12.1 Å². The van der Waals surface area contributed by atoms with Crippen LogP contribution in [-0.2, 0) is 0 Å². The van der Waals surface area contributed by atoms with Crippen LogP contribution in [0.25, 0.3) is 0 Å². The molecule has 4 nitrogen and oxygen atoms in total. The molecule has 0 aliphatic rings. The maximum Gasteiger partial charge on any atom is 0.227 e. The summed E-state index contributed by atoms with van der Waals surface area (Å²) in [6, 6.07) is 9.23. The zero-order valence-electron chi connectivity index (χ0n) is 9.98. The molecule has 1 N–H and O–H groups in total. The minimum absolute atomic E-state index is 0.578. The number of aromatic nitrogens is 2. The average molecular weight is 283 g/mol. The van der Waals surface area contributed by atoms with Crippen LogP contribution < -0.4 is 9.25 Å². The molecule has 0 spiro atoms. The van der Waals surface area contributed by atoms with Crippen molar-refractivity contribution in [2.75, 3.05) is 9.25 Å². The van der Waals surface area contributed by atoms with Crippen molar-refractivity contribution in [3.63, 3.8) is 0 Å². The summed E-state index contributed by atoms with van der Waals surface area (Å²) < 4.78 is 1.01. The lowest BCUT2D eigenvalue weighted by Gasteiger charge is -2.09. The van der Waals surface area contributed by atoms with E-state index in [1.807, 2.05) is 32.0 Å². The van der Waals surface area contributed by atoms with Gasteiger partial charge < -0.3 is 5.32 Å². The van der Waals surface area contributed by atoms with Crippen LogP contribution in [-0.4, -0.2) is 9.97 Å². The fourth-order valence-corrected chi connectivity index (χ4v) is 1.79. The molecule has 0 radical (unpaired) electrons. The molecule has 1 aromatic carbocycles. The molecule has 18 heavy (non-hydrogen) atoms. The number of nitrogens with one attached hydrogen (secondary N) is 1. The van der Waals surface area contributed by atoms with E-state index in [0.717, 1.165) is 21.0 Å². The van der Waals surface area contributed by atoms with Gasteiger partial charge in [-0.05, 0) is 44.2 Å². The summed E-state index contributed by atoms with van der Waals surface area (Å²) in [5.74, 6) is 0.578. The van der Waals surface area contributed by atoms with Crippen LogP contribution in [0.15, 0.2) is 30.3 Å². The van der Waals surface area contributed by atoms with Gasteiger partial charge in [-0.15, -0.1) is 0 Å². The van der Waals surface area contributed by atoms with E-state index in [9.17, 15) is 0 Å². The summed E-state index contributed by atoms with van der Waals surface area (Å²) in [4.78, 5) is 8.60. The minimum Gasteiger partial charge on any atom is -0.324 e. The van der Waals surface area contributed by atoms with Crippen molar-refractivity contribution in [2.24, 2.45) is 0 Å². The maximum absolute atomic E-state index is 5.61. The smallest absolute Gasteiger partial charge is 0.227 e. The number of nitrogens with zero attached hydrogens (tertiary/aromatic N) is 3. The van der Waals surface area contributed by atoms with E-state index >= 15 is 0 Å². The highest BCUT2D eigenvalue weighted by Gasteiger charge is 2.02. The summed E-state index contributed by atoms with van der Waals surface area (Å²) >= 11 is 11.2. The highest BCUT2D eigenvalue weighted by atomic mass is 35.5. The standard InChI is InChI=1S/C12H12Cl2N4/c1-8-7-9(2)16-12(15-8)17-10-3-5-11(6-4-10)18(13)14/h3-7H,1-2H3,(H,15,16,17). The number of hydrogen-bond acceptors (Lipinski definition) is 4. The summed E-state index contributed by atoms with van der Waals surface area (Å²) in [6.45, 7) is 3.86. The quantitative estimate of drug-likeness (QED) is 0.866. The Morgan fingerprint density at radius 2 is 1.56 bits per heavy atom. The van der Waals surface area contributed by atoms with Crippen molar-refractivity contribution in [1.29, 1.82) is 0 Å². The van der Waals surface area contributed by atoms with Crippen molar-refractivity contribution in [3.05, 3.63) is 41.7 Å². The summed E-state index contributed by atoms with van der Waals surface area (Å²) in [5, 5.41) is 3.12. The first-order chi connectivity index (χ1) is 8.54. The van der Waals surface area contributed by atoms with E-state index < -0.39 is 0 Å². The second kappa shape index (κ2) is 5.42. The Kier molecular flexibility index (Phi) is 3.89. The Labute approximate surface area is 116 Å². The predicted octanol–water partition coefficient (Wildman–Crippen LogP) is 3.95. The zero-order valence-corrected chi connectivity index (χ0v) is 11.5. The van der Waals surface area contributed by atoms with Crippen molar-refractivity contribution in [1.82, 2.24) is 9.97 Å². The van der Waals surface area contributed by atoms with Crippen molar-refractivity contribution in [2.45, 2.75) is 13.8 Å². The van der Waals surface area contributed by atoms with E-state index in [0.29, 0.717) is 11.6 Å². The Morgan fingerprint density at radius 1 is 1.00 bits per heavy atom. The first-order valence-electron chi connectivity index (χ1n) is 5.35. The fourth-order valence-electron chi connectivity index (χ4n) is 1.57. The van der Waals surface area contributed by atoms with Crippen LogP contribution in [0.2, 0.25) is 0 Å². The van der Waals surface area contributed by atoms with Gasteiger partial charge in [-0.2, -0.15) is 3.94 Å². The predicted molar refractivity (Wildman–Crippen MR) is 75.4 cm³/mol. The molecule has 2 aromatic rings. The molecular formula is C12H12Cl2N4. The van der Waals surface area contributed by atoms with Gasteiger partial charge in [0, 0.05) is 40.6 Å². The fraction of sp³-hybridized carbons (Fsp3) is 0.167. The van der Waals surface area contributed by atoms with Gasteiger partial charge in [0.05, 0.1) is 5.69 Å². The molecule has 0 aliphatic heterocycles. The topological polar surface area (TPSA) is 41.1 Å². The molecule has 0 aliphatic carbocycles. The van der Waals surface area contributed by atoms with Gasteiger partial charge in [0.1, 0.15) is 0 Å². The van der Waals surface area contributed by atoms with E-state index in [1.165, 1.54) is 0 Å². The average Bonchev–Trinajstić information content (AvgIpc) is 2.28. The van der Waals surface area contributed by atoms with Crippen LogP contribution >= 0.6 is 23.6 Å². The third-order valence-corrected chi connectivity index (χ3v) is 2.69. The number of benzene rings is 1. The van der Waals surface area contributed by atoms with E-state index in [2.05, 4.69) is 15.3 Å². The Morgan fingerprint density at radius 3 is 2.06 bits per heavy atom. The maximum atomic E-state index is 5.61. The normalized spacial score (nSPS) is 10.2. The lowest BCUT2D eigenvalue weighted by Crippen LogP contribution is -2.00. The third-order valence-electron chi connectivity index (χ3n) is 2.30. The number of halogens is 2. The van der Waals surface area contributed by atoms with Gasteiger partial charge in [-0.3, -0.25) is 0 Å². The third kappa shape index (κ3) is 3.24. The van der Waals surface area contributed by atoms with Crippen molar-refractivity contribution < 1.29 is 0 Å². The largest absolute Gasteiger partial charge is 0.324 e. The molecule has 0 fully saturated rings. The lowest BCUT2D eigenvalue weighted by atomic mass is 10.3. The second-order valence-electron chi connectivity index (χ2n) is 3.88. The molecule has 2 rings (SSSR count). The van der Waals surface area contributed by atoms with Crippen molar-refractivity contribution >= 4 is 40.9 Å². The molecular weight excluding hydrogens is 271 g/mol. The van der Waals surface area contributed by atoms with E-state index in [-0.39, 0.29) is 0 Å². The molecule has 0 amide bonds. The highest BCUT2D eigenvalue weighted by molar-refractivity contribution is 6.49. The first kappa shape index (κ1) is 12.9. The Hall–Kier alpha value is -1.52. The Balaban J connectivity index is 2.18. The first-order valence-corrected chi connectivity index (χ1v) is 6.03. The minimum atomic E-state index is 0.578. The lowest BCUT2D eigenvalue weighted by molar-refractivity contribution is 1.06. The Bertz CT molecular complexity index is 520. The van der Waals surface area contributed by atoms with Crippen molar-refractivity contribution in [3.8, 4) is 0 Å². The summed E-state index contributed by atoms with van der Waals surface area (Å²) in [7, 11) is 0. The highest BCUT2D eigenvalue weighted by Crippen LogP contribution is 2.22.